The molecular weight excluding hydrogens is 372 g/mol. The van der Waals surface area contributed by atoms with Crippen molar-refractivity contribution < 1.29 is 18.7 Å². The largest absolute Gasteiger partial charge is 0.455 e. The number of ketones is 1. The van der Waals surface area contributed by atoms with Crippen LogP contribution in [0.25, 0.3) is 11.0 Å². The van der Waals surface area contributed by atoms with E-state index in [9.17, 15) is 14.4 Å². The van der Waals surface area contributed by atoms with E-state index in [1.165, 1.54) is 10.7 Å². The molecule has 0 bridgehead atoms. The average Bonchev–Trinajstić information content (AvgIpc) is 2.85. The van der Waals surface area contributed by atoms with Crippen molar-refractivity contribution in [2.45, 2.75) is 27.4 Å². The Balaban J connectivity index is 1.88. The Labute approximate surface area is 159 Å². The summed E-state index contributed by atoms with van der Waals surface area (Å²) < 4.78 is 11.8. The topological polar surface area (TPSA) is 91.4 Å². The summed E-state index contributed by atoms with van der Waals surface area (Å²) in [5, 5.41) is 5.15. The molecule has 0 aliphatic rings. The zero-order chi connectivity index (χ0) is 19.9. The number of aryl methyl sites for hydroxylation is 3. The molecule has 7 nitrogen and oxygen atoms in total. The van der Waals surface area contributed by atoms with E-state index in [2.05, 4.69) is 5.10 Å². The smallest absolute Gasteiger partial charge is 0.380 e. The zero-order valence-corrected chi connectivity index (χ0v) is 16.0. The van der Waals surface area contributed by atoms with Crippen LogP contribution >= 0.6 is 11.6 Å². The fourth-order valence-electron chi connectivity index (χ4n) is 2.88. The maximum absolute atomic E-state index is 12.4. The normalized spacial score (nSPS) is 11.0. The molecule has 0 saturated carbocycles. The number of benzene rings is 1. The van der Waals surface area contributed by atoms with Gasteiger partial charge in [0.15, 0.2) is 0 Å². The molecule has 2 aromatic heterocycles. The van der Waals surface area contributed by atoms with Gasteiger partial charge in [0.05, 0.1) is 11.3 Å². The van der Waals surface area contributed by atoms with Gasteiger partial charge < -0.3 is 9.15 Å². The van der Waals surface area contributed by atoms with Crippen LogP contribution < -0.4 is 5.63 Å². The number of esters is 1. The van der Waals surface area contributed by atoms with E-state index in [0.29, 0.717) is 32.9 Å². The fraction of sp³-hybridized carbons (Fsp3) is 0.263. The molecule has 0 unspecified atom stereocenters. The standard InChI is InChI=1S/C19H17ClN2O5/c1-9-5-15-13(7-14(9)20)12(6-16(23)27-15)8-26-19(25)18(24)17-10(2)21-22(4)11(17)3/h5-7H,8H2,1-4H3. The van der Waals surface area contributed by atoms with Crippen LogP contribution in [-0.2, 0) is 23.2 Å². The van der Waals surface area contributed by atoms with Crippen molar-refractivity contribution in [2.24, 2.45) is 7.05 Å². The summed E-state index contributed by atoms with van der Waals surface area (Å²) in [7, 11) is 1.69. The molecule has 0 fully saturated rings. The summed E-state index contributed by atoms with van der Waals surface area (Å²) in [4.78, 5) is 36.4. The Morgan fingerprint density at radius 2 is 1.93 bits per heavy atom. The zero-order valence-electron chi connectivity index (χ0n) is 15.3. The maximum Gasteiger partial charge on any atom is 0.380 e. The lowest BCUT2D eigenvalue weighted by molar-refractivity contribution is -0.139. The van der Waals surface area contributed by atoms with Crippen molar-refractivity contribution >= 4 is 34.3 Å². The van der Waals surface area contributed by atoms with E-state index in [-0.39, 0.29) is 12.2 Å². The Morgan fingerprint density at radius 1 is 1.22 bits per heavy atom. The van der Waals surface area contributed by atoms with E-state index in [0.717, 1.165) is 5.56 Å². The maximum atomic E-state index is 12.4. The van der Waals surface area contributed by atoms with Gasteiger partial charge in [0.1, 0.15) is 12.2 Å². The number of hydrogen-bond donors (Lipinski definition) is 0. The summed E-state index contributed by atoms with van der Waals surface area (Å²) in [6.45, 7) is 4.87. The van der Waals surface area contributed by atoms with Gasteiger partial charge >= 0.3 is 11.6 Å². The summed E-state index contributed by atoms with van der Waals surface area (Å²) in [5.74, 6) is -1.80. The molecule has 1 aromatic carbocycles. The van der Waals surface area contributed by atoms with Gasteiger partial charge in [-0.25, -0.2) is 9.59 Å². The molecule has 0 amide bonds. The number of carbonyl (C=O) groups excluding carboxylic acids is 2. The quantitative estimate of drug-likeness (QED) is 0.295. The lowest BCUT2D eigenvalue weighted by Crippen LogP contribution is -2.19. The molecule has 0 spiro atoms. The summed E-state index contributed by atoms with van der Waals surface area (Å²) in [6.07, 6.45) is 0. The van der Waals surface area contributed by atoms with E-state index in [1.807, 2.05) is 0 Å². The molecule has 0 saturated heterocycles. The number of hydrogen-bond acceptors (Lipinski definition) is 6. The molecule has 3 aromatic rings. The minimum Gasteiger partial charge on any atom is -0.455 e. The molecule has 8 heteroatoms. The van der Waals surface area contributed by atoms with Crippen molar-refractivity contribution in [2.75, 3.05) is 0 Å². The Kier molecular flexibility index (Phi) is 4.89. The van der Waals surface area contributed by atoms with Gasteiger partial charge in [-0.1, -0.05) is 11.6 Å². The second-order valence-electron chi connectivity index (χ2n) is 6.26. The second kappa shape index (κ2) is 7.00. The average molecular weight is 389 g/mol. The minimum absolute atomic E-state index is 0.221. The van der Waals surface area contributed by atoms with Crippen LogP contribution in [0.5, 0.6) is 0 Å². The highest BCUT2D eigenvalue weighted by molar-refractivity contribution is 6.41. The van der Waals surface area contributed by atoms with Gasteiger partial charge in [-0.3, -0.25) is 9.48 Å². The molecule has 0 aliphatic heterocycles. The molecule has 0 N–H and O–H groups in total. The molecule has 0 atom stereocenters. The van der Waals surface area contributed by atoms with Crippen molar-refractivity contribution in [3.8, 4) is 0 Å². The van der Waals surface area contributed by atoms with Crippen LogP contribution in [0.3, 0.4) is 0 Å². The highest BCUT2D eigenvalue weighted by Gasteiger charge is 2.25. The predicted octanol–water partition coefficient (Wildman–Crippen LogP) is 3.03. The van der Waals surface area contributed by atoms with Crippen LogP contribution in [0.15, 0.2) is 27.4 Å². The van der Waals surface area contributed by atoms with Crippen LogP contribution in [0.2, 0.25) is 5.02 Å². The summed E-state index contributed by atoms with van der Waals surface area (Å²) >= 11 is 6.14. The van der Waals surface area contributed by atoms with Crippen molar-refractivity contribution in [1.82, 2.24) is 9.78 Å². The number of Topliss-reactive ketones (excluding diaryl/α,β-unsaturated/α-hetero) is 1. The summed E-state index contributed by atoms with van der Waals surface area (Å²) in [6, 6.07) is 4.49. The van der Waals surface area contributed by atoms with Crippen LogP contribution in [0.4, 0.5) is 0 Å². The first-order valence-corrected chi connectivity index (χ1v) is 8.51. The van der Waals surface area contributed by atoms with Crippen molar-refractivity contribution in [1.29, 1.82) is 0 Å². The van der Waals surface area contributed by atoms with Crippen molar-refractivity contribution in [3.63, 3.8) is 0 Å². The monoisotopic (exact) mass is 388 g/mol. The van der Waals surface area contributed by atoms with Crippen LogP contribution in [0, 0.1) is 20.8 Å². The second-order valence-corrected chi connectivity index (χ2v) is 6.67. The molecule has 0 aliphatic carbocycles. The van der Waals surface area contributed by atoms with Gasteiger partial charge in [0.25, 0.3) is 5.78 Å². The highest BCUT2D eigenvalue weighted by atomic mass is 35.5. The summed E-state index contributed by atoms with van der Waals surface area (Å²) in [5.41, 5.74) is 2.15. The molecule has 3 rings (SSSR count). The number of halogens is 1. The number of nitrogens with zero attached hydrogens (tertiary/aromatic N) is 2. The van der Waals surface area contributed by atoms with Gasteiger partial charge in [-0.2, -0.15) is 5.10 Å². The number of aromatic nitrogens is 2. The Morgan fingerprint density at radius 3 is 2.56 bits per heavy atom. The molecule has 27 heavy (non-hydrogen) atoms. The number of rotatable bonds is 4. The van der Waals surface area contributed by atoms with Crippen molar-refractivity contribution in [3.05, 3.63) is 61.7 Å². The third-order valence-electron chi connectivity index (χ3n) is 4.39. The number of carbonyl (C=O) groups is 2. The first-order chi connectivity index (χ1) is 12.7. The van der Waals surface area contributed by atoms with Gasteiger partial charge in [-0.15, -0.1) is 0 Å². The van der Waals surface area contributed by atoms with E-state index in [1.54, 1.807) is 40.0 Å². The lowest BCUT2D eigenvalue weighted by atomic mass is 10.1. The third kappa shape index (κ3) is 3.50. The number of ether oxygens (including phenoxy) is 1. The first kappa shape index (κ1) is 18.8. The van der Waals surface area contributed by atoms with E-state index >= 15 is 0 Å². The van der Waals surface area contributed by atoms with Crippen LogP contribution in [0.1, 0.15) is 32.9 Å². The third-order valence-corrected chi connectivity index (χ3v) is 4.80. The Hall–Kier alpha value is -2.93. The van der Waals surface area contributed by atoms with Crippen LogP contribution in [-0.4, -0.2) is 21.5 Å². The van der Waals surface area contributed by atoms with E-state index in [4.69, 9.17) is 20.8 Å². The predicted molar refractivity (Wildman–Crippen MR) is 99.0 cm³/mol. The SMILES string of the molecule is Cc1cc2oc(=O)cc(COC(=O)C(=O)c3c(C)nn(C)c3C)c2cc1Cl. The van der Waals surface area contributed by atoms with Gasteiger partial charge in [0.2, 0.25) is 0 Å². The molecule has 140 valence electrons. The van der Waals surface area contributed by atoms with E-state index < -0.39 is 17.4 Å². The minimum atomic E-state index is -1.02. The molecule has 0 radical (unpaired) electrons. The van der Waals surface area contributed by atoms with Gasteiger partial charge in [-0.05, 0) is 38.5 Å². The lowest BCUT2D eigenvalue weighted by Gasteiger charge is -2.08. The first-order valence-electron chi connectivity index (χ1n) is 8.13. The molecule has 2 heterocycles. The van der Waals surface area contributed by atoms with Gasteiger partial charge in [0, 0.05) is 34.8 Å². The highest BCUT2D eigenvalue weighted by Crippen LogP contribution is 2.25. The number of fused-ring (bicyclic) bond motifs is 1. The molecular formula is C19H17ClN2O5. The fourth-order valence-corrected chi connectivity index (χ4v) is 3.04. The Bertz CT molecular complexity index is 1140.